The molecule has 0 spiro atoms. The van der Waals surface area contributed by atoms with Gasteiger partial charge >= 0.3 is 0 Å². The van der Waals surface area contributed by atoms with E-state index in [1.165, 1.54) is 0 Å². The maximum atomic E-state index is 6.32. The summed E-state index contributed by atoms with van der Waals surface area (Å²) in [5.74, 6) is 1.34. The lowest BCUT2D eigenvalue weighted by Crippen LogP contribution is -2.51. The van der Waals surface area contributed by atoms with Crippen molar-refractivity contribution in [2.24, 2.45) is 16.6 Å². The molecule has 7 nitrogen and oxygen atoms in total. The number of piperazine rings is 1. The smallest absolute Gasteiger partial charge is 0.191 e. The Bertz CT molecular complexity index is 556. The normalized spacial score (nSPS) is 20.6. The van der Waals surface area contributed by atoms with Crippen LogP contribution in [0.1, 0.15) is 20.3 Å². The molecule has 0 amide bonds. The van der Waals surface area contributed by atoms with Crippen molar-refractivity contribution in [2.45, 2.75) is 26.3 Å². The number of hydrogen-bond donors (Lipinski definition) is 1. The average molecular weight is 508 g/mol. The second-order valence-corrected chi connectivity index (χ2v) is 8.29. The van der Waals surface area contributed by atoms with Crippen LogP contribution in [0.2, 0.25) is 0 Å². The van der Waals surface area contributed by atoms with E-state index in [1.807, 2.05) is 11.6 Å². The van der Waals surface area contributed by atoms with E-state index >= 15 is 0 Å². The Morgan fingerprint density at radius 3 is 2.52 bits per heavy atom. The summed E-state index contributed by atoms with van der Waals surface area (Å²) in [5.41, 5.74) is 6.32. The number of aliphatic imine (C=N–C) groups is 1. The van der Waals surface area contributed by atoms with Gasteiger partial charge in [0, 0.05) is 56.9 Å². The molecule has 9 heteroatoms. The van der Waals surface area contributed by atoms with Gasteiger partial charge in [-0.3, -0.25) is 9.89 Å². The van der Waals surface area contributed by atoms with Crippen LogP contribution in [0.25, 0.3) is 0 Å². The standard InChI is InChI=1S/C18H32N6OS.HI/c1-15(2)13-16(22-8-10-25-11-9-22)14-21-17(19)23-4-6-24(7-5-23)18-20-3-12-26-18;/h3,12,15-16H,4-11,13-14H2,1-2H3,(H2,19,21);1H. The molecule has 0 bridgehead atoms. The highest BCUT2D eigenvalue weighted by Crippen LogP contribution is 2.19. The molecule has 2 saturated heterocycles. The van der Waals surface area contributed by atoms with E-state index in [2.05, 4.69) is 33.5 Å². The first kappa shape index (κ1) is 22.6. The fraction of sp³-hybridized carbons (Fsp3) is 0.778. The van der Waals surface area contributed by atoms with E-state index in [0.29, 0.717) is 17.9 Å². The molecule has 0 radical (unpaired) electrons. The maximum Gasteiger partial charge on any atom is 0.191 e. The van der Waals surface area contributed by atoms with Crippen LogP contribution in [0, 0.1) is 5.92 Å². The zero-order valence-corrected chi connectivity index (χ0v) is 19.6. The van der Waals surface area contributed by atoms with Gasteiger partial charge in [0.15, 0.2) is 11.1 Å². The molecule has 1 aromatic rings. The Morgan fingerprint density at radius 2 is 1.93 bits per heavy atom. The lowest BCUT2D eigenvalue weighted by atomic mass is 10.0. The Kier molecular flexibility index (Phi) is 9.54. The Labute approximate surface area is 184 Å². The average Bonchev–Trinajstić information content (AvgIpc) is 3.20. The summed E-state index contributed by atoms with van der Waals surface area (Å²) in [6.45, 7) is 12.7. The number of guanidine groups is 1. The summed E-state index contributed by atoms with van der Waals surface area (Å²) in [5, 5.41) is 3.13. The molecule has 2 aliphatic heterocycles. The number of nitrogens with zero attached hydrogens (tertiary/aromatic N) is 5. The molecule has 1 aromatic heterocycles. The first-order valence-electron chi connectivity index (χ1n) is 9.64. The summed E-state index contributed by atoms with van der Waals surface area (Å²) < 4.78 is 5.50. The first-order valence-corrected chi connectivity index (χ1v) is 10.5. The van der Waals surface area contributed by atoms with Crippen molar-refractivity contribution < 1.29 is 4.74 Å². The lowest BCUT2D eigenvalue weighted by Gasteiger charge is -2.36. The van der Waals surface area contributed by atoms with E-state index in [9.17, 15) is 0 Å². The predicted molar refractivity (Wildman–Crippen MR) is 123 cm³/mol. The van der Waals surface area contributed by atoms with Gasteiger partial charge in [-0.15, -0.1) is 35.3 Å². The third-order valence-corrected chi connectivity index (χ3v) is 5.90. The van der Waals surface area contributed by atoms with Crippen molar-refractivity contribution in [3.8, 4) is 0 Å². The van der Waals surface area contributed by atoms with Crippen LogP contribution < -0.4 is 10.6 Å². The molecule has 2 fully saturated rings. The number of thiazole rings is 1. The highest BCUT2D eigenvalue weighted by atomic mass is 127. The lowest BCUT2D eigenvalue weighted by molar-refractivity contribution is 0.0142. The quantitative estimate of drug-likeness (QED) is 0.360. The summed E-state index contributed by atoms with van der Waals surface area (Å²) in [4.78, 5) is 16.2. The van der Waals surface area contributed by atoms with Gasteiger partial charge in [0.05, 0.1) is 19.8 Å². The number of morpholine rings is 1. The molecule has 154 valence electrons. The fourth-order valence-corrected chi connectivity index (χ4v) is 4.32. The molecular formula is C18H33IN6OS. The van der Waals surface area contributed by atoms with Crippen LogP contribution in [-0.4, -0.2) is 85.8 Å². The molecular weight excluding hydrogens is 475 g/mol. The Morgan fingerprint density at radius 1 is 1.22 bits per heavy atom. The minimum absolute atomic E-state index is 0. The topological polar surface area (TPSA) is 70.2 Å². The fourth-order valence-electron chi connectivity index (χ4n) is 3.62. The predicted octanol–water partition coefficient (Wildman–Crippen LogP) is 1.94. The zero-order valence-electron chi connectivity index (χ0n) is 16.4. The second kappa shape index (κ2) is 11.4. The van der Waals surface area contributed by atoms with E-state index in [-0.39, 0.29) is 24.0 Å². The number of hydrogen-bond acceptors (Lipinski definition) is 6. The zero-order chi connectivity index (χ0) is 18.4. The van der Waals surface area contributed by atoms with Crippen LogP contribution in [0.4, 0.5) is 5.13 Å². The Hall–Kier alpha value is -0.650. The number of rotatable bonds is 6. The molecule has 2 aliphatic rings. The van der Waals surface area contributed by atoms with Crippen molar-refractivity contribution in [1.82, 2.24) is 14.8 Å². The van der Waals surface area contributed by atoms with Crippen molar-refractivity contribution >= 4 is 46.4 Å². The summed E-state index contributed by atoms with van der Waals surface area (Å²) in [6, 6.07) is 0.453. The number of anilines is 1. The molecule has 0 aliphatic carbocycles. The van der Waals surface area contributed by atoms with E-state index < -0.39 is 0 Å². The summed E-state index contributed by atoms with van der Waals surface area (Å²) in [7, 11) is 0. The molecule has 3 rings (SSSR count). The highest BCUT2D eigenvalue weighted by Gasteiger charge is 2.23. The number of aromatic nitrogens is 1. The first-order chi connectivity index (χ1) is 12.6. The molecule has 1 unspecified atom stereocenters. The van der Waals surface area contributed by atoms with Gasteiger partial charge in [0.25, 0.3) is 0 Å². The monoisotopic (exact) mass is 508 g/mol. The minimum Gasteiger partial charge on any atom is -0.379 e. The van der Waals surface area contributed by atoms with Crippen molar-refractivity contribution in [3.63, 3.8) is 0 Å². The van der Waals surface area contributed by atoms with E-state index in [4.69, 9.17) is 15.5 Å². The van der Waals surface area contributed by atoms with Gasteiger partial charge in [0.1, 0.15) is 0 Å². The highest BCUT2D eigenvalue weighted by molar-refractivity contribution is 14.0. The summed E-state index contributed by atoms with van der Waals surface area (Å²) >= 11 is 1.69. The van der Waals surface area contributed by atoms with Gasteiger partial charge in [-0.2, -0.15) is 0 Å². The van der Waals surface area contributed by atoms with E-state index in [0.717, 1.165) is 70.6 Å². The van der Waals surface area contributed by atoms with Crippen LogP contribution >= 0.6 is 35.3 Å². The van der Waals surface area contributed by atoms with Crippen LogP contribution in [0.3, 0.4) is 0 Å². The molecule has 0 aromatic carbocycles. The number of nitrogens with two attached hydrogens (primary N) is 1. The summed E-state index contributed by atoms with van der Waals surface area (Å²) in [6.07, 6.45) is 3.01. The van der Waals surface area contributed by atoms with E-state index in [1.54, 1.807) is 11.3 Å². The molecule has 1 atom stereocenters. The van der Waals surface area contributed by atoms with Gasteiger partial charge in [-0.1, -0.05) is 13.8 Å². The third-order valence-electron chi connectivity index (χ3n) is 5.06. The number of ether oxygens (including phenoxy) is 1. The second-order valence-electron chi connectivity index (χ2n) is 7.42. The SMILES string of the molecule is CC(C)CC(CN=C(N)N1CCN(c2nccs2)CC1)N1CCOCC1.I. The van der Waals surface area contributed by atoms with Crippen LogP contribution in [-0.2, 0) is 4.74 Å². The van der Waals surface area contributed by atoms with Gasteiger partial charge in [-0.25, -0.2) is 4.98 Å². The largest absolute Gasteiger partial charge is 0.379 e. The van der Waals surface area contributed by atoms with Gasteiger partial charge in [0.2, 0.25) is 0 Å². The van der Waals surface area contributed by atoms with Crippen molar-refractivity contribution in [1.29, 1.82) is 0 Å². The number of halogens is 1. The van der Waals surface area contributed by atoms with Crippen LogP contribution in [0.5, 0.6) is 0 Å². The molecule has 0 saturated carbocycles. The third kappa shape index (κ3) is 6.72. The van der Waals surface area contributed by atoms with Gasteiger partial charge in [-0.05, 0) is 12.3 Å². The van der Waals surface area contributed by atoms with Gasteiger partial charge < -0.3 is 20.3 Å². The minimum atomic E-state index is 0. The molecule has 27 heavy (non-hydrogen) atoms. The molecule has 2 N–H and O–H groups in total. The Balaban J connectivity index is 0.00000261. The maximum absolute atomic E-state index is 6.32. The van der Waals surface area contributed by atoms with Crippen LogP contribution in [0.15, 0.2) is 16.6 Å². The van der Waals surface area contributed by atoms with Crippen molar-refractivity contribution in [2.75, 3.05) is 63.9 Å². The molecule has 3 heterocycles. The van der Waals surface area contributed by atoms with Crippen molar-refractivity contribution in [3.05, 3.63) is 11.6 Å².